The minimum atomic E-state index is -0.486. The Morgan fingerprint density at radius 1 is 1.35 bits per heavy atom. The average Bonchev–Trinajstić information content (AvgIpc) is 3.08. The van der Waals surface area contributed by atoms with E-state index < -0.39 is 5.54 Å². The summed E-state index contributed by atoms with van der Waals surface area (Å²) in [5.41, 5.74) is 1.03. The molecule has 0 aliphatic rings. The summed E-state index contributed by atoms with van der Waals surface area (Å²) in [6.45, 7) is 3.91. The van der Waals surface area contributed by atoms with Crippen molar-refractivity contribution in [2.75, 3.05) is 0 Å². The van der Waals surface area contributed by atoms with Gasteiger partial charge in [0.25, 0.3) is 5.91 Å². The molecule has 0 aliphatic heterocycles. The van der Waals surface area contributed by atoms with Crippen LogP contribution in [0, 0.1) is 0 Å². The molecule has 0 unspecified atom stereocenters. The van der Waals surface area contributed by atoms with Crippen LogP contribution in [0.5, 0.6) is 0 Å². The van der Waals surface area contributed by atoms with Gasteiger partial charge in [0.05, 0.1) is 16.6 Å². The lowest BCUT2D eigenvalue weighted by atomic mass is 10.0. The highest BCUT2D eigenvalue weighted by molar-refractivity contribution is 7.09. The van der Waals surface area contributed by atoms with E-state index in [1.807, 2.05) is 49.7 Å². The SMILES string of the molecule is CC(C)(NC(=O)c1cccc2cc[nH]c12)c1nccs1. The van der Waals surface area contributed by atoms with Gasteiger partial charge in [0.2, 0.25) is 0 Å². The Bertz CT molecular complexity index is 743. The van der Waals surface area contributed by atoms with Gasteiger partial charge in [-0.15, -0.1) is 11.3 Å². The van der Waals surface area contributed by atoms with Crippen LogP contribution < -0.4 is 5.32 Å². The highest BCUT2D eigenvalue weighted by Crippen LogP contribution is 2.24. The number of hydrogen-bond donors (Lipinski definition) is 2. The normalized spacial score (nSPS) is 11.7. The van der Waals surface area contributed by atoms with Gasteiger partial charge in [0.1, 0.15) is 5.01 Å². The summed E-state index contributed by atoms with van der Waals surface area (Å²) >= 11 is 1.54. The van der Waals surface area contributed by atoms with E-state index in [1.54, 1.807) is 6.20 Å². The Kier molecular flexibility index (Phi) is 3.06. The maximum atomic E-state index is 12.5. The van der Waals surface area contributed by atoms with Crippen LogP contribution in [-0.4, -0.2) is 15.9 Å². The molecule has 102 valence electrons. The van der Waals surface area contributed by atoms with Crippen LogP contribution >= 0.6 is 11.3 Å². The Morgan fingerprint density at radius 3 is 2.95 bits per heavy atom. The van der Waals surface area contributed by atoms with E-state index in [-0.39, 0.29) is 5.91 Å². The Balaban J connectivity index is 1.92. The van der Waals surface area contributed by atoms with Crippen LogP contribution in [0.3, 0.4) is 0 Å². The number of aromatic nitrogens is 2. The van der Waals surface area contributed by atoms with E-state index in [1.165, 1.54) is 11.3 Å². The molecule has 1 amide bonds. The maximum Gasteiger partial charge on any atom is 0.254 e. The summed E-state index contributed by atoms with van der Waals surface area (Å²) in [6, 6.07) is 7.65. The number of H-pyrrole nitrogens is 1. The Labute approximate surface area is 120 Å². The highest BCUT2D eigenvalue weighted by atomic mass is 32.1. The van der Waals surface area contributed by atoms with Crippen molar-refractivity contribution in [3.63, 3.8) is 0 Å². The zero-order valence-corrected chi connectivity index (χ0v) is 12.1. The third kappa shape index (κ3) is 2.20. The maximum absolute atomic E-state index is 12.5. The zero-order chi connectivity index (χ0) is 14.2. The molecular weight excluding hydrogens is 270 g/mol. The molecule has 3 aromatic rings. The first-order valence-corrected chi connectivity index (χ1v) is 7.24. The van der Waals surface area contributed by atoms with Gasteiger partial charge < -0.3 is 10.3 Å². The number of carbonyl (C=O) groups excluding carboxylic acids is 1. The van der Waals surface area contributed by atoms with Crippen molar-refractivity contribution in [2.24, 2.45) is 0 Å². The summed E-state index contributed by atoms with van der Waals surface area (Å²) in [7, 11) is 0. The largest absolute Gasteiger partial charge is 0.361 e. The summed E-state index contributed by atoms with van der Waals surface area (Å²) in [5, 5.41) is 6.88. The molecular formula is C15H15N3OS. The first kappa shape index (κ1) is 12.9. The number of benzene rings is 1. The van der Waals surface area contributed by atoms with Gasteiger partial charge in [0.15, 0.2) is 0 Å². The summed E-state index contributed by atoms with van der Waals surface area (Å²) in [6.07, 6.45) is 3.59. The molecule has 4 nitrogen and oxygen atoms in total. The Hall–Kier alpha value is -2.14. The number of aromatic amines is 1. The molecule has 3 rings (SSSR count). The lowest BCUT2D eigenvalue weighted by molar-refractivity contribution is 0.0913. The lowest BCUT2D eigenvalue weighted by Gasteiger charge is -2.24. The number of carbonyl (C=O) groups is 1. The van der Waals surface area contributed by atoms with Gasteiger partial charge in [-0.3, -0.25) is 4.79 Å². The van der Waals surface area contributed by atoms with Gasteiger partial charge in [-0.25, -0.2) is 4.98 Å². The lowest BCUT2D eigenvalue weighted by Crippen LogP contribution is -2.41. The highest BCUT2D eigenvalue weighted by Gasteiger charge is 2.26. The molecule has 2 N–H and O–H groups in total. The predicted molar refractivity (Wildman–Crippen MR) is 80.9 cm³/mol. The van der Waals surface area contributed by atoms with Crippen molar-refractivity contribution in [1.82, 2.24) is 15.3 Å². The number of thiazole rings is 1. The summed E-state index contributed by atoms with van der Waals surface area (Å²) in [5.74, 6) is -0.0988. The standard InChI is InChI=1S/C15H15N3OS/c1-15(2,14-17-8-9-20-14)18-13(19)11-5-3-4-10-6-7-16-12(10)11/h3-9,16H,1-2H3,(H,18,19). The molecule has 20 heavy (non-hydrogen) atoms. The average molecular weight is 285 g/mol. The number of hydrogen-bond acceptors (Lipinski definition) is 3. The number of nitrogens with one attached hydrogen (secondary N) is 2. The smallest absolute Gasteiger partial charge is 0.254 e. The zero-order valence-electron chi connectivity index (χ0n) is 11.3. The Morgan fingerprint density at radius 2 is 2.20 bits per heavy atom. The number of para-hydroxylation sites is 1. The molecule has 0 bridgehead atoms. The van der Waals surface area contributed by atoms with E-state index in [0.29, 0.717) is 5.56 Å². The first-order valence-electron chi connectivity index (χ1n) is 6.36. The van der Waals surface area contributed by atoms with Crippen LogP contribution in [0.25, 0.3) is 10.9 Å². The molecule has 5 heteroatoms. The van der Waals surface area contributed by atoms with Crippen LogP contribution in [0.1, 0.15) is 29.2 Å². The molecule has 0 radical (unpaired) electrons. The quantitative estimate of drug-likeness (QED) is 0.776. The number of rotatable bonds is 3. The fourth-order valence-corrected chi connectivity index (χ4v) is 2.93. The third-order valence-electron chi connectivity index (χ3n) is 3.22. The van der Waals surface area contributed by atoms with Crippen LogP contribution in [0.4, 0.5) is 0 Å². The van der Waals surface area contributed by atoms with Crippen LogP contribution in [0.15, 0.2) is 42.0 Å². The van der Waals surface area contributed by atoms with E-state index in [2.05, 4.69) is 15.3 Å². The van der Waals surface area contributed by atoms with E-state index >= 15 is 0 Å². The summed E-state index contributed by atoms with van der Waals surface area (Å²) in [4.78, 5) is 19.9. The van der Waals surface area contributed by atoms with Crippen molar-refractivity contribution in [3.8, 4) is 0 Å². The van der Waals surface area contributed by atoms with Crippen molar-refractivity contribution in [2.45, 2.75) is 19.4 Å². The molecule has 0 atom stereocenters. The van der Waals surface area contributed by atoms with Gasteiger partial charge >= 0.3 is 0 Å². The van der Waals surface area contributed by atoms with Crippen molar-refractivity contribution in [3.05, 3.63) is 52.6 Å². The number of fused-ring (bicyclic) bond motifs is 1. The first-order chi connectivity index (χ1) is 9.58. The topological polar surface area (TPSA) is 57.8 Å². The number of nitrogens with zero attached hydrogens (tertiary/aromatic N) is 1. The molecule has 2 heterocycles. The van der Waals surface area contributed by atoms with E-state index in [9.17, 15) is 4.79 Å². The molecule has 1 aromatic carbocycles. The van der Waals surface area contributed by atoms with Crippen LogP contribution in [0.2, 0.25) is 0 Å². The molecule has 0 saturated carbocycles. The molecule has 2 aromatic heterocycles. The number of amides is 1. The van der Waals surface area contributed by atoms with Gasteiger partial charge in [-0.05, 0) is 26.0 Å². The molecule has 0 spiro atoms. The fraction of sp³-hybridized carbons (Fsp3) is 0.200. The molecule has 0 fully saturated rings. The summed E-state index contributed by atoms with van der Waals surface area (Å²) < 4.78 is 0. The van der Waals surface area contributed by atoms with Crippen LogP contribution in [-0.2, 0) is 5.54 Å². The fourth-order valence-electron chi connectivity index (χ4n) is 2.21. The van der Waals surface area contributed by atoms with Gasteiger partial charge in [-0.1, -0.05) is 12.1 Å². The second kappa shape index (κ2) is 4.76. The molecule has 0 saturated heterocycles. The predicted octanol–water partition coefficient (Wildman–Crippen LogP) is 3.29. The minimum Gasteiger partial charge on any atom is -0.361 e. The van der Waals surface area contributed by atoms with Crippen molar-refractivity contribution < 1.29 is 4.79 Å². The van der Waals surface area contributed by atoms with Gasteiger partial charge in [0, 0.05) is 23.2 Å². The second-order valence-corrected chi connectivity index (χ2v) is 6.06. The second-order valence-electron chi connectivity index (χ2n) is 5.16. The monoisotopic (exact) mass is 285 g/mol. The minimum absolute atomic E-state index is 0.0988. The van der Waals surface area contributed by atoms with E-state index in [4.69, 9.17) is 0 Å². The van der Waals surface area contributed by atoms with Gasteiger partial charge in [-0.2, -0.15) is 0 Å². The third-order valence-corrected chi connectivity index (χ3v) is 4.32. The van der Waals surface area contributed by atoms with E-state index in [0.717, 1.165) is 15.9 Å². The van der Waals surface area contributed by atoms with Crippen molar-refractivity contribution >= 4 is 28.1 Å². The molecule has 0 aliphatic carbocycles. The van der Waals surface area contributed by atoms with Crippen molar-refractivity contribution in [1.29, 1.82) is 0 Å².